The molecule has 0 unspecified atom stereocenters. The summed E-state index contributed by atoms with van der Waals surface area (Å²) < 4.78 is 62.9. The molecular formula is C14H13F3N2O3S2. The molecule has 1 aromatic carbocycles. The summed E-state index contributed by atoms with van der Waals surface area (Å²) in [6.07, 6.45) is -4.52. The number of anilines is 1. The van der Waals surface area contributed by atoms with Crippen molar-refractivity contribution in [3.05, 3.63) is 46.2 Å². The van der Waals surface area contributed by atoms with Crippen LogP contribution in [0.3, 0.4) is 0 Å². The summed E-state index contributed by atoms with van der Waals surface area (Å²) in [5.41, 5.74) is -0.914. The molecule has 1 N–H and O–H groups in total. The Morgan fingerprint density at radius 1 is 1.21 bits per heavy atom. The van der Waals surface area contributed by atoms with Crippen molar-refractivity contribution in [2.75, 3.05) is 19.4 Å². The molecule has 0 saturated carbocycles. The summed E-state index contributed by atoms with van der Waals surface area (Å²) in [5, 5.41) is 3.63. The molecule has 0 atom stereocenters. The van der Waals surface area contributed by atoms with E-state index in [0.717, 1.165) is 27.8 Å². The van der Waals surface area contributed by atoms with Gasteiger partial charge in [-0.1, -0.05) is 6.07 Å². The van der Waals surface area contributed by atoms with E-state index >= 15 is 0 Å². The molecule has 24 heavy (non-hydrogen) atoms. The molecule has 10 heteroatoms. The summed E-state index contributed by atoms with van der Waals surface area (Å²) in [5.74, 6) is -0.681. The third-order valence-corrected chi connectivity index (χ3v) is 5.90. The first-order valence-electron chi connectivity index (χ1n) is 6.51. The number of halogens is 3. The average Bonchev–Trinajstić information content (AvgIpc) is 2.97. The number of amides is 1. The van der Waals surface area contributed by atoms with Crippen LogP contribution in [0.15, 0.2) is 40.6 Å². The maximum atomic E-state index is 12.7. The van der Waals surface area contributed by atoms with E-state index in [1.165, 1.54) is 37.7 Å². The van der Waals surface area contributed by atoms with Crippen LogP contribution < -0.4 is 5.32 Å². The number of rotatable bonds is 4. The number of hydrogen-bond donors (Lipinski definition) is 1. The molecule has 1 amide bonds. The first-order valence-corrected chi connectivity index (χ1v) is 8.83. The van der Waals surface area contributed by atoms with Crippen molar-refractivity contribution in [2.24, 2.45) is 0 Å². The normalized spacial score (nSPS) is 12.4. The fourth-order valence-electron chi connectivity index (χ4n) is 1.75. The molecule has 0 fully saturated rings. The van der Waals surface area contributed by atoms with Gasteiger partial charge in [0.1, 0.15) is 0 Å². The molecule has 0 bridgehead atoms. The molecule has 130 valence electrons. The first kappa shape index (κ1) is 18.4. The van der Waals surface area contributed by atoms with Crippen molar-refractivity contribution < 1.29 is 26.4 Å². The van der Waals surface area contributed by atoms with Gasteiger partial charge in [-0.2, -0.15) is 13.2 Å². The van der Waals surface area contributed by atoms with Crippen LogP contribution in [0, 0.1) is 0 Å². The minimum atomic E-state index is -4.52. The van der Waals surface area contributed by atoms with Gasteiger partial charge in [-0.25, -0.2) is 12.7 Å². The second-order valence-electron chi connectivity index (χ2n) is 4.97. The molecular weight excluding hydrogens is 365 g/mol. The van der Waals surface area contributed by atoms with E-state index in [1.54, 1.807) is 0 Å². The Morgan fingerprint density at radius 2 is 1.88 bits per heavy atom. The zero-order chi connectivity index (χ0) is 18.1. The molecule has 2 aromatic rings. The number of carbonyl (C=O) groups is 1. The summed E-state index contributed by atoms with van der Waals surface area (Å²) in [4.78, 5) is 12.1. The van der Waals surface area contributed by atoms with Gasteiger partial charge in [-0.15, -0.1) is 11.3 Å². The van der Waals surface area contributed by atoms with Crippen LogP contribution in [0.25, 0.3) is 0 Å². The molecule has 1 aromatic heterocycles. The van der Waals surface area contributed by atoms with Gasteiger partial charge in [-0.3, -0.25) is 4.79 Å². The minimum absolute atomic E-state index is 0.0276. The maximum absolute atomic E-state index is 12.7. The Hall–Kier alpha value is -1.91. The van der Waals surface area contributed by atoms with Crippen molar-refractivity contribution in [3.63, 3.8) is 0 Å². The van der Waals surface area contributed by atoms with E-state index in [2.05, 4.69) is 5.32 Å². The van der Waals surface area contributed by atoms with E-state index in [-0.39, 0.29) is 15.5 Å². The quantitative estimate of drug-likeness (QED) is 0.888. The van der Waals surface area contributed by atoms with Gasteiger partial charge in [0.2, 0.25) is 10.0 Å². The number of hydrogen-bond acceptors (Lipinski definition) is 4. The van der Waals surface area contributed by atoms with Crippen molar-refractivity contribution in [1.29, 1.82) is 0 Å². The number of thiophene rings is 1. The van der Waals surface area contributed by atoms with Crippen LogP contribution in [-0.4, -0.2) is 32.7 Å². The number of nitrogens with zero attached hydrogens (tertiary/aromatic N) is 1. The molecule has 0 aliphatic carbocycles. The Bertz CT molecular complexity index is 858. The molecule has 5 nitrogen and oxygen atoms in total. The van der Waals surface area contributed by atoms with Gasteiger partial charge in [0.05, 0.1) is 15.3 Å². The molecule has 0 radical (unpaired) electrons. The molecule has 0 aliphatic heterocycles. The highest BCUT2D eigenvalue weighted by molar-refractivity contribution is 7.89. The number of sulfonamides is 1. The van der Waals surface area contributed by atoms with Gasteiger partial charge in [0.15, 0.2) is 0 Å². The summed E-state index contributed by atoms with van der Waals surface area (Å²) in [7, 11) is -0.960. The van der Waals surface area contributed by atoms with Crippen LogP contribution in [0.4, 0.5) is 18.9 Å². The SMILES string of the molecule is CN(C)S(=O)(=O)c1csc(C(=O)Nc2cccc(C(F)(F)F)c2)c1. The lowest BCUT2D eigenvalue weighted by Gasteiger charge is -2.09. The standard InChI is InChI=1S/C14H13F3N2O3S2/c1-19(2)24(21,22)11-7-12(23-8-11)13(20)18-10-5-3-4-9(6-10)14(15,16)17/h3-8H,1-2H3,(H,18,20). The molecule has 2 rings (SSSR count). The van der Waals surface area contributed by atoms with E-state index in [1.807, 2.05) is 0 Å². The minimum Gasteiger partial charge on any atom is -0.321 e. The Balaban J connectivity index is 2.21. The zero-order valence-electron chi connectivity index (χ0n) is 12.6. The van der Waals surface area contributed by atoms with E-state index in [0.29, 0.717) is 0 Å². The van der Waals surface area contributed by atoms with Crippen LogP contribution in [0.5, 0.6) is 0 Å². The maximum Gasteiger partial charge on any atom is 0.416 e. The lowest BCUT2D eigenvalue weighted by atomic mass is 10.2. The number of nitrogens with one attached hydrogen (secondary N) is 1. The van der Waals surface area contributed by atoms with Crippen LogP contribution in [0.1, 0.15) is 15.2 Å². The number of carbonyl (C=O) groups excluding carboxylic acids is 1. The van der Waals surface area contributed by atoms with Crippen LogP contribution in [0.2, 0.25) is 0 Å². The van der Waals surface area contributed by atoms with Gasteiger partial charge < -0.3 is 5.32 Å². The highest BCUT2D eigenvalue weighted by atomic mass is 32.2. The third kappa shape index (κ3) is 3.94. The Kier molecular flexibility index (Phi) is 5.02. The van der Waals surface area contributed by atoms with Crippen molar-refractivity contribution in [2.45, 2.75) is 11.1 Å². The highest BCUT2D eigenvalue weighted by Gasteiger charge is 2.30. The monoisotopic (exact) mass is 378 g/mol. The Morgan fingerprint density at radius 3 is 2.46 bits per heavy atom. The van der Waals surface area contributed by atoms with Gasteiger partial charge in [-0.05, 0) is 24.3 Å². The average molecular weight is 378 g/mol. The predicted molar refractivity (Wildman–Crippen MR) is 84.6 cm³/mol. The second-order valence-corrected chi connectivity index (χ2v) is 8.03. The van der Waals surface area contributed by atoms with E-state index < -0.39 is 27.7 Å². The van der Waals surface area contributed by atoms with Crippen LogP contribution >= 0.6 is 11.3 Å². The lowest BCUT2D eigenvalue weighted by Crippen LogP contribution is -2.21. The Labute approximate surface area is 140 Å². The molecule has 1 heterocycles. The number of alkyl halides is 3. The third-order valence-electron chi connectivity index (χ3n) is 3.03. The van der Waals surface area contributed by atoms with Crippen molar-refractivity contribution >= 4 is 33.0 Å². The summed E-state index contributed by atoms with van der Waals surface area (Å²) in [6.45, 7) is 0. The molecule has 0 saturated heterocycles. The highest BCUT2D eigenvalue weighted by Crippen LogP contribution is 2.31. The zero-order valence-corrected chi connectivity index (χ0v) is 14.2. The van der Waals surface area contributed by atoms with Crippen molar-refractivity contribution in [3.8, 4) is 0 Å². The van der Waals surface area contributed by atoms with Gasteiger partial charge >= 0.3 is 6.18 Å². The lowest BCUT2D eigenvalue weighted by molar-refractivity contribution is -0.137. The fourth-order valence-corrected chi connectivity index (χ4v) is 3.81. The summed E-state index contributed by atoms with van der Waals surface area (Å²) in [6, 6.07) is 5.38. The predicted octanol–water partition coefficient (Wildman–Crippen LogP) is 3.27. The van der Waals surface area contributed by atoms with Gasteiger partial charge in [0.25, 0.3) is 5.91 Å². The van der Waals surface area contributed by atoms with Gasteiger partial charge in [0, 0.05) is 25.2 Å². The van der Waals surface area contributed by atoms with Crippen molar-refractivity contribution in [1.82, 2.24) is 4.31 Å². The second kappa shape index (κ2) is 6.54. The first-order chi connectivity index (χ1) is 11.0. The topological polar surface area (TPSA) is 66.5 Å². The molecule has 0 aliphatic rings. The summed E-state index contributed by atoms with van der Waals surface area (Å²) >= 11 is 0.891. The fraction of sp³-hybridized carbons (Fsp3) is 0.214. The van der Waals surface area contributed by atoms with Crippen LogP contribution in [-0.2, 0) is 16.2 Å². The molecule has 0 spiro atoms. The smallest absolute Gasteiger partial charge is 0.321 e. The number of benzene rings is 1. The van der Waals surface area contributed by atoms with E-state index in [9.17, 15) is 26.4 Å². The van der Waals surface area contributed by atoms with E-state index in [4.69, 9.17) is 0 Å². The largest absolute Gasteiger partial charge is 0.416 e.